The summed E-state index contributed by atoms with van der Waals surface area (Å²) >= 11 is 4.94. The maximum atomic E-state index is 13.0. The molecule has 2 aromatic carbocycles. The molecule has 4 rings (SSSR count). The molecular formula is C22H24BrN3O4S2. The number of rotatable bonds is 7. The standard InChI is InChI=1S/C22H24BrN3O4S2/c1-29-19-8-7-16(14-20(19)30-2)13-17-15-31-22(24-17)25-9-11-26(12-10-25)32(27,28)21-6-4-3-5-18(21)23/h3-8,14-15H,9-13H2,1-2H3. The van der Waals surface area contributed by atoms with E-state index < -0.39 is 10.0 Å². The molecule has 0 atom stereocenters. The van der Waals surface area contributed by atoms with Crippen molar-refractivity contribution in [3.63, 3.8) is 0 Å². The zero-order valence-corrected chi connectivity index (χ0v) is 21.0. The van der Waals surface area contributed by atoms with Crippen LogP contribution in [0.25, 0.3) is 0 Å². The van der Waals surface area contributed by atoms with E-state index in [1.165, 1.54) is 0 Å². The fraction of sp³-hybridized carbons (Fsp3) is 0.318. The van der Waals surface area contributed by atoms with E-state index in [0.29, 0.717) is 53.5 Å². The van der Waals surface area contributed by atoms with Crippen LogP contribution in [-0.4, -0.2) is 58.1 Å². The van der Waals surface area contributed by atoms with Crippen molar-refractivity contribution in [3.05, 3.63) is 63.6 Å². The van der Waals surface area contributed by atoms with Gasteiger partial charge in [-0.25, -0.2) is 13.4 Å². The lowest BCUT2D eigenvalue weighted by Crippen LogP contribution is -2.48. The first-order valence-electron chi connectivity index (χ1n) is 10.1. The van der Waals surface area contributed by atoms with Crippen LogP contribution < -0.4 is 14.4 Å². The second kappa shape index (κ2) is 9.78. The lowest BCUT2D eigenvalue weighted by atomic mass is 10.1. The molecule has 2 heterocycles. The van der Waals surface area contributed by atoms with Crippen molar-refractivity contribution in [1.29, 1.82) is 0 Å². The minimum Gasteiger partial charge on any atom is -0.493 e. The van der Waals surface area contributed by atoms with E-state index in [4.69, 9.17) is 14.5 Å². The van der Waals surface area contributed by atoms with Crippen LogP contribution in [0.1, 0.15) is 11.3 Å². The number of hydrogen-bond donors (Lipinski definition) is 0. The van der Waals surface area contributed by atoms with Crippen molar-refractivity contribution in [2.45, 2.75) is 11.3 Å². The summed E-state index contributed by atoms with van der Waals surface area (Å²) in [6.45, 7) is 2.06. The van der Waals surface area contributed by atoms with Crippen molar-refractivity contribution < 1.29 is 17.9 Å². The molecule has 1 aliphatic rings. The number of hydrogen-bond acceptors (Lipinski definition) is 7. The normalized spacial score (nSPS) is 15.0. The number of benzene rings is 2. The van der Waals surface area contributed by atoms with Gasteiger partial charge in [0.25, 0.3) is 0 Å². The number of halogens is 1. The molecule has 10 heteroatoms. The van der Waals surface area contributed by atoms with E-state index in [9.17, 15) is 8.42 Å². The first kappa shape index (κ1) is 23.0. The summed E-state index contributed by atoms with van der Waals surface area (Å²) in [7, 11) is -0.283. The zero-order chi connectivity index (χ0) is 22.7. The van der Waals surface area contributed by atoms with Crippen LogP contribution in [0.15, 0.2) is 57.2 Å². The third-order valence-electron chi connectivity index (χ3n) is 5.34. The molecule has 0 amide bonds. The third-order valence-corrected chi connectivity index (χ3v) is 9.20. The van der Waals surface area contributed by atoms with Gasteiger partial charge in [-0.2, -0.15) is 4.31 Å². The van der Waals surface area contributed by atoms with Crippen LogP contribution in [0.4, 0.5) is 5.13 Å². The highest BCUT2D eigenvalue weighted by molar-refractivity contribution is 9.10. The Morgan fingerprint density at radius 3 is 2.44 bits per heavy atom. The number of sulfonamides is 1. The van der Waals surface area contributed by atoms with Crippen molar-refractivity contribution in [3.8, 4) is 11.5 Å². The highest BCUT2D eigenvalue weighted by Crippen LogP contribution is 2.30. The second-order valence-corrected chi connectivity index (χ2v) is 10.9. The number of ether oxygens (including phenoxy) is 2. The molecule has 3 aromatic rings. The van der Waals surface area contributed by atoms with Gasteiger partial charge in [-0.3, -0.25) is 0 Å². The quantitative estimate of drug-likeness (QED) is 0.453. The predicted molar refractivity (Wildman–Crippen MR) is 130 cm³/mol. The molecule has 1 aliphatic heterocycles. The molecule has 0 spiro atoms. The molecule has 0 aliphatic carbocycles. The van der Waals surface area contributed by atoms with E-state index in [0.717, 1.165) is 16.4 Å². The molecule has 170 valence electrons. The fourth-order valence-corrected chi connectivity index (χ4v) is 6.90. The van der Waals surface area contributed by atoms with Crippen molar-refractivity contribution >= 4 is 42.4 Å². The molecule has 1 saturated heterocycles. The molecule has 0 bridgehead atoms. The van der Waals surface area contributed by atoms with Crippen LogP contribution in [0.5, 0.6) is 11.5 Å². The van der Waals surface area contributed by atoms with Gasteiger partial charge in [0.15, 0.2) is 16.6 Å². The number of methoxy groups -OCH3 is 2. The minimum atomic E-state index is -3.53. The fourth-order valence-electron chi connectivity index (χ4n) is 3.64. The zero-order valence-electron chi connectivity index (χ0n) is 17.8. The Bertz CT molecular complexity index is 1190. The Hall–Kier alpha value is -2.14. The summed E-state index contributed by atoms with van der Waals surface area (Å²) in [5, 5.41) is 2.97. The first-order valence-corrected chi connectivity index (χ1v) is 13.2. The number of piperazine rings is 1. The molecule has 1 fully saturated rings. The first-order chi connectivity index (χ1) is 15.4. The third kappa shape index (κ3) is 4.78. The summed E-state index contributed by atoms with van der Waals surface area (Å²) in [6, 6.07) is 12.8. The molecule has 0 saturated carbocycles. The van der Waals surface area contributed by atoms with E-state index in [1.54, 1.807) is 48.1 Å². The Morgan fingerprint density at radius 2 is 1.75 bits per heavy atom. The van der Waals surface area contributed by atoms with Crippen LogP contribution >= 0.6 is 27.3 Å². The largest absolute Gasteiger partial charge is 0.493 e. The van der Waals surface area contributed by atoms with Gasteiger partial charge in [0.05, 0.1) is 24.8 Å². The number of thiazole rings is 1. The molecule has 0 unspecified atom stereocenters. The average Bonchev–Trinajstić information content (AvgIpc) is 3.27. The van der Waals surface area contributed by atoms with Crippen LogP contribution in [0.3, 0.4) is 0 Å². The second-order valence-electron chi connectivity index (χ2n) is 7.31. The molecule has 7 nitrogen and oxygen atoms in total. The van der Waals surface area contributed by atoms with Gasteiger partial charge < -0.3 is 14.4 Å². The minimum absolute atomic E-state index is 0.305. The van der Waals surface area contributed by atoms with Gasteiger partial charge in [-0.1, -0.05) is 18.2 Å². The molecule has 0 N–H and O–H groups in total. The highest BCUT2D eigenvalue weighted by Gasteiger charge is 2.30. The van der Waals surface area contributed by atoms with Crippen LogP contribution in [-0.2, 0) is 16.4 Å². The smallest absolute Gasteiger partial charge is 0.244 e. The SMILES string of the molecule is COc1ccc(Cc2csc(N3CCN(S(=O)(=O)c4ccccc4Br)CC3)n2)cc1OC. The average molecular weight is 538 g/mol. The molecule has 32 heavy (non-hydrogen) atoms. The molecule has 1 aromatic heterocycles. The summed E-state index contributed by atoms with van der Waals surface area (Å²) in [6.07, 6.45) is 0.688. The van der Waals surface area contributed by atoms with Gasteiger partial charge in [0.1, 0.15) is 0 Å². The topological polar surface area (TPSA) is 72.0 Å². The number of anilines is 1. The highest BCUT2D eigenvalue weighted by atomic mass is 79.9. The van der Waals surface area contributed by atoms with Crippen LogP contribution in [0, 0.1) is 0 Å². The van der Waals surface area contributed by atoms with E-state index in [1.807, 2.05) is 24.3 Å². The van der Waals surface area contributed by atoms with Gasteiger partial charge in [0.2, 0.25) is 10.0 Å². The predicted octanol–water partition coefficient (Wildman–Crippen LogP) is 4.02. The number of nitrogens with zero attached hydrogens (tertiary/aromatic N) is 3. The summed E-state index contributed by atoms with van der Waals surface area (Å²) in [5.74, 6) is 1.40. The molecular weight excluding hydrogens is 514 g/mol. The number of aromatic nitrogens is 1. The Balaban J connectivity index is 1.41. The Morgan fingerprint density at radius 1 is 1.03 bits per heavy atom. The Labute approximate surface area is 200 Å². The van der Waals surface area contributed by atoms with Crippen molar-refractivity contribution in [2.24, 2.45) is 0 Å². The van der Waals surface area contributed by atoms with Gasteiger partial charge in [0, 0.05) is 42.5 Å². The van der Waals surface area contributed by atoms with Crippen LogP contribution in [0.2, 0.25) is 0 Å². The van der Waals surface area contributed by atoms with Gasteiger partial charge >= 0.3 is 0 Å². The van der Waals surface area contributed by atoms with E-state index in [-0.39, 0.29) is 0 Å². The van der Waals surface area contributed by atoms with Gasteiger partial charge in [-0.15, -0.1) is 11.3 Å². The maximum absolute atomic E-state index is 13.0. The summed E-state index contributed by atoms with van der Waals surface area (Å²) < 4.78 is 38.8. The van der Waals surface area contributed by atoms with Gasteiger partial charge in [-0.05, 0) is 45.8 Å². The lowest BCUT2D eigenvalue weighted by molar-refractivity contribution is 0.354. The summed E-state index contributed by atoms with van der Waals surface area (Å²) in [5.41, 5.74) is 2.06. The van der Waals surface area contributed by atoms with Crippen molar-refractivity contribution in [2.75, 3.05) is 45.3 Å². The summed E-state index contributed by atoms with van der Waals surface area (Å²) in [4.78, 5) is 7.24. The molecule has 0 radical (unpaired) electrons. The van der Waals surface area contributed by atoms with E-state index >= 15 is 0 Å². The maximum Gasteiger partial charge on any atom is 0.244 e. The van der Waals surface area contributed by atoms with Crippen molar-refractivity contribution in [1.82, 2.24) is 9.29 Å². The van der Waals surface area contributed by atoms with E-state index in [2.05, 4.69) is 26.2 Å². The monoisotopic (exact) mass is 537 g/mol. The lowest BCUT2D eigenvalue weighted by Gasteiger charge is -2.34. The Kier molecular flexibility index (Phi) is 7.04.